The predicted octanol–water partition coefficient (Wildman–Crippen LogP) is 3.85. The van der Waals surface area contributed by atoms with E-state index in [1.165, 1.54) is 23.5 Å². The van der Waals surface area contributed by atoms with Crippen LogP contribution in [0, 0.1) is 5.82 Å². The summed E-state index contributed by atoms with van der Waals surface area (Å²) < 4.78 is 18.0. The minimum absolute atomic E-state index is 0.190. The van der Waals surface area contributed by atoms with Gasteiger partial charge in [0.15, 0.2) is 0 Å². The van der Waals surface area contributed by atoms with Gasteiger partial charge in [0.05, 0.1) is 12.1 Å². The number of methoxy groups -OCH3 is 1. The van der Waals surface area contributed by atoms with Crippen molar-refractivity contribution >= 4 is 17.2 Å². The highest BCUT2D eigenvalue weighted by atomic mass is 32.1. The standard InChI is InChI=1S/C20H19FN2O2S/c1-25-17-8-4-15(5-9-17)12-19-23-18(13-26-19)20(24)22-11-10-14-2-6-16(21)7-3-14/h2-9,13H,10-12H2,1H3,(H,22,24). The fourth-order valence-corrected chi connectivity index (χ4v) is 3.28. The van der Waals surface area contributed by atoms with Gasteiger partial charge in [0.1, 0.15) is 17.3 Å². The molecule has 0 unspecified atom stereocenters. The van der Waals surface area contributed by atoms with Gasteiger partial charge in [-0.25, -0.2) is 9.37 Å². The molecule has 0 aliphatic rings. The Balaban J connectivity index is 1.51. The molecule has 134 valence electrons. The molecule has 1 amide bonds. The summed E-state index contributed by atoms with van der Waals surface area (Å²) in [5.41, 5.74) is 2.52. The average molecular weight is 370 g/mol. The number of carbonyl (C=O) groups excluding carboxylic acids is 1. The van der Waals surface area contributed by atoms with E-state index < -0.39 is 0 Å². The van der Waals surface area contributed by atoms with E-state index in [4.69, 9.17) is 4.74 Å². The number of hydrogen-bond acceptors (Lipinski definition) is 4. The van der Waals surface area contributed by atoms with Gasteiger partial charge in [-0.15, -0.1) is 11.3 Å². The molecule has 1 heterocycles. The zero-order chi connectivity index (χ0) is 18.4. The third-order valence-electron chi connectivity index (χ3n) is 3.91. The lowest BCUT2D eigenvalue weighted by Crippen LogP contribution is -2.26. The Morgan fingerprint density at radius 2 is 1.81 bits per heavy atom. The van der Waals surface area contributed by atoms with Crippen LogP contribution < -0.4 is 10.1 Å². The summed E-state index contributed by atoms with van der Waals surface area (Å²) in [6.45, 7) is 0.482. The van der Waals surface area contributed by atoms with Gasteiger partial charge in [-0.1, -0.05) is 24.3 Å². The summed E-state index contributed by atoms with van der Waals surface area (Å²) in [6, 6.07) is 14.1. The van der Waals surface area contributed by atoms with Crippen LogP contribution in [0.1, 0.15) is 26.6 Å². The highest BCUT2D eigenvalue weighted by Crippen LogP contribution is 2.17. The van der Waals surface area contributed by atoms with Crippen molar-refractivity contribution < 1.29 is 13.9 Å². The third kappa shape index (κ3) is 4.89. The first-order valence-electron chi connectivity index (χ1n) is 8.24. The second-order valence-electron chi connectivity index (χ2n) is 5.78. The molecule has 0 aliphatic heterocycles. The van der Waals surface area contributed by atoms with E-state index in [0.717, 1.165) is 21.9 Å². The smallest absolute Gasteiger partial charge is 0.270 e. The van der Waals surface area contributed by atoms with E-state index in [0.29, 0.717) is 25.1 Å². The van der Waals surface area contributed by atoms with Crippen molar-refractivity contribution in [1.82, 2.24) is 10.3 Å². The van der Waals surface area contributed by atoms with Gasteiger partial charge in [0.25, 0.3) is 5.91 Å². The molecule has 0 saturated carbocycles. The summed E-state index contributed by atoms with van der Waals surface area (Å²) in [6.07, 6.45) is 1.33. The van der Waals surface area contributed by atoms with Crippen LogP contribution in [0.15, 0.2) is 53.9 Å². The lowest BCUT2D eigenvalue weighted by atomic mass is 10.1. The number of amides is 1. The fourth-order valence-electron chi connectivity index (χ4n) is 2.48. The van der Waals surface area contributed by atoms with Crippen molar-refractivity contribution in [2.24, 2.45) is 0 Å². The second kappa shape index (κ2) is 8.58. The van der Waals surface area contributed by atoms with E-state index in [1.54, 1.807) is 24.6 Å². The highest BCUT2D eigenvalue weighted by molar-refractivity contribution is 7.09. The lowest BCUT2D eigenvalue weighted by Gasteiger charge is -2.04. The lowest BCUT2D eigenvalue weighted by molar-refractivity contribution is 0.0949. The maximum absolute atomic E-state index is 12.9. The molecule has 0 aliphatic carbocycles. The molecule has 0 fully saturated rings. The molecular weight excluding hydrogens is 351 g/mol. The minimum atomic E-state index is -0.260. The van der Waals surface area contributed by atoms with Gasteiger partial charge in [0.2, 0.25) is 0 Å². The van der Waals surface area contributed by atoms with Gasteiger partial charge in [-0.05, 0) is 41.8 Å². The molecule has 2 aromatic carbocycles. The summed E-state index contributed by atoms with van der Waals surface area (Å²) in [7, 11) is 1.64. The minimum Gasteiger partial charge on any atom is -0.497 e. The summed E-state index contributed by atoms with van der Waals surface area (Å²) in [5, 5.41) is 5.51. The first kappa shape index (κ1) is 18.1. The third-order valence-corrected chi connectivity index (χ3v) is 4.76. The maximum Gasteiger partial charge on any atom is 0.270 e. The molecule has 0 bridgehead atoms. The molecule has 1 N–H and O–H groups in total. The largest absolute Gasteiger partial charge is 0.497 e. The van der Waals surface area contributed by atoms with Gasteiger partial charge >= 0.3 is 0 Å². The van der Waals surface area contributed by atoms with Crippen LogP contribution in [-0.2, 0) is 12.8 Å². The molecule has 0 saturated heterocycles. The van der Waals surface area contributed by atoms with Crippen LogP contribution in [0.25, 0.3) is 0 Å². The van der Waals surface area contributed by atoms with Gasteiger partial charge in [-0.2, -0.15) is 0 Å². The zero-order valence-corrected chi connectivity index (χ0v) is 15.2. The Bertz CT molecular complexity index is 860. The van der Waals surface area contributed by atoms with Gasteiger partial charge < -0.3 is 10.1 Å². The van der Waals surface area contributed by atoms with Crippen molar-refractivity contribution in [3.8, 4) is 5.75 Å². The quantitative estimate of drug-likeness (QED) is 0.687. The molecule has 3 rings (SSSR count). The van der Waals surface area contributed by atoms with Crippen LogP contribution in [0.4, 0.5) is 4.39 Å². The Hall–Kier alpha value is -2.73. The fraction of sp³-hybridized carbons (Fsp3) is 0.200. The van der Waals surface area contributed by atoms with Crippen LogP contribution in [0.2, 0.25) is 0 Å². The van der Waals surface area contributed by atoms with Crippen molar-refractivity contribution in [3.63, 3.8) is 0 Å². The second-order valence-corrected chi connectivity index (χ2v) is 6.73. The van der Waals surface area contributed by atoms with Crippen LogP contribution >= 0.6 is 11.3 Å². The number of nitrogens with zero attached hydrogens (tertiary/aromatic N) is 1. The van der Waals surface area contributed by atoms with Crippen molar-refractivity contribution in [3.05, 3.63) is 81.6 Å². The molecule has 4 nitrogen and oxygen atoms in total. The van der Waals surface area contributed by atoms with Crippen molar-refractivity contribution in [2.45, 2.75) is 12.8 Å². The number of carbonyl (C=O) groups is 1. The summed E-state index contributed by atoms with van der Waals surface area (Å²) in [5.74, 6) is 0.364. The molecule has 1 aromatic heterocycles. The van der Waals surface area contributed by atoms with Gasteiger partial charge in [0, 0.05) is 18.3 Å². The first-order valence-corrected chi connectivity index (χ1v) is 9.12. The Labute approximate surface area is 155 Å². The maximum atomic E-state index is 12.9. The molecule has 0 radical (unpaired) electrons. The molecule has 0 atom stereocenters. The predicted molar refractivity (Wildman–Crippen MR) is 100 cm³/mol. The van der Waals surface area contributed by atoms with E-state index in [2.05, 4.69) is 10.3 Å². The topological polar surface area (TPSA) is 51.2 Å². The number of ether oxygens (including phenoxy) is 1. The van der Waals surface area contributed by atoms with Crippen molar-refractivity contribution in [2.75, 3.05) is 13.7 Å². The molecule has 3 aromatic rings. The zero-order valence-electron chi connectivity index (χ0n) is 14.4. The molecule has 26 heavy (non-hydrogen) atoms. The van der Waals surface area contributed by atoms with Crippen molar-refractivity contribution in [1.29, 1.82) is 0 Å². The van der Waals surface area contributed by atoms with Crippen LogP contribution in [-0.4, -0.2) is 24.5 Å². The Morgan fingerprint density at radius 1 is 1.12 bits per heavy atom. The number of rotatable bonds is 7. The van der Waals surface area contributed by atoms with Gasteiger partial charge in [-0.3, -0.25) is 4.79 Å². The average Bonchev–Trinajstić information content (AvgIpc) is 3.12. The number of benzene rings is 2. The number of halogens is 1. The summed E-state index contributed by atoms with van der Waals surface area (Å²) in [4.78, 5) is 16.6. The highest BCUT2D eigenvalue weighted by Gasteiger charge is 2.11. The van der Waals surface area contributed by atoms with E-state index >= 15 is 0 Å². The molecule has 0 spiro atoms. The normalized spacial score (nSPS) is 10.5. The first-order chi connectivity index (χ1) is 12.6. The molecule has 6 heteroatoms. The number of thiazole rings is 1. The summed E-state index contributed by atoms with van der Waals surface area (Å²) >= 11 is 1.47. The Morgan fingerprint density at radius 3 is 2.50 bits per heavy atom. The Kier molecular flexibility index (Phi) is 5.96. The SMILES string of the molecule is COc1ccc(Cc2nc(C(=O)NCCc3ccc(F)cc3)cs2)cc1. The number of nitrogens with one attached hydrogen (secondary N) is 1. The number of hydrogen-bond donors (Lipinski definition) is 1. The van der Waals surface area contributed by atoms with Crippen LogP contribution in [0.5, 0.6) is 5.75 Å². The van der Waals surface area contributed by atoms with E-state index in [9.17, 15) is 9.18 Å². The number of aromatic nitrogens is 1. The van der Waals surface area contributed by atoms with Crippen LogP contribution in [0.3, 0.4) is 0 Å². The van der Waals surface area contributed by atoms with E-state index in [1.807, 2.05) is 24.3 Å². The van der Waals surface area contributed by atoms with E-state index in [-0.39, 0.29) is 11.7 Å². The molecular formula is C20H19FN2O2S. The monoisotopic (exact) mass is 370 g/mol.